The molecule has 3 heteroatoms. The number of hydrogen-bond donors (Lipinski definition) is 1. The summed E-state index contributed by atoms with van der Waals surface area (Å²) in [6.07, 6.45) is 11.5. The second kappa shape index (κ2) is 7.37. The van der Waals surface area contributed by atoms with Crippen LogP contribution in [-0.4, -0.2) is 12.5 Å². The van der Waals surface area contributed by atoms with E-state index in [0.717, 1.165) is 23.8 Å². The molecular formula is C15H21NOS. The van der Waals surface area contributed by atoms with Crippen LogP contribution in [0.2, 0.25) is 0 Å². The van der Waals surface area contributed by atoms with E-state index in [1.807, 2.05) is 23.6 Å². The SMILES string of the molecule is O=C(/C=C/c1cccs1)NCCCC1CCCC1. The minimum absolute atomic E-state index is 0.0230. The topological polar surface area (TPSA) is 29.1 Å². The summed E-state index contributed by atoms with van der Waals surface area (Å²) in [5.41, 5.74) is 0. The summed E-state index contributed by atoms with van der Waals surface area (Å²) in [5.74, 6) is 0.943. The number of nitrogens with one attached hydrogen (secondary N) is 1. The van der Waals surface area contributed by atoms with Crippen LogP contribution in [0.5, 0.6) is 0 Å². The Kier molecular flexibility index (Phi) is 5.46. The van der Waals surface area contributed by atoms with Crippen molar-refractivity contribution < 1.29 is 4.79 Å². The summed E-state index contributed by atoms with van der Waals surface area (Å²) in [6, 6.07) is 4.00. The van der Waals surface area contributed by atoms with Crippen LogP contribution >= 0.6 is 11.3 Å². The minimum atomic E-state index is 0.0230. The first kappa shape index (κ1) is 13.3. The molecule has 18 heavy (non-hydrogen) atoms. The molecule has 0 aliphatic heterocycles. The van der Waals surface area contributed by atoms with Crippen LogP contribution in [0, 0.1) is 5.92 Å². The van der Waals surface area contributed by atoms with Gasteiger partial charge in [0.1, 0.15) is 0 Å². The Hall–Kier alpha value is -1.09. The van der Waals surface area contributed by atoms with Gasteiger partial charge in [-0.1, -0.05) is 31.7 Å². The van der Waals surface area contributed by atoms with Gasteiger partial charge in [-0.15, -0.1) is 11.3 Å². The summed E-state index contributed by atoms with van der Waals surface area (Å²) in [6.45, 7) is 0.810. The first-order valence-electron chi connectivity index (χ1n) is 6.84. The molecule has 1 fully saturated rings. The quantitative estimate of drug-likeness (QED) is 0.613. The molecule has 0 unspecified atom stereocenters. The summed E-state index contributed by atoms with van der Waals surface area (Å²) in [5, 5.41) is 4.96. The normalized spacial score (nSPS) is 16.4. The van der Waals surface area contributed by atoms with Gasteiger partial charge in [0, 0.05) is 17.5 Å². The standard InChI is InChI=1S/C15H21NOS/c17-15(10-9-14-8-4-12-18-14)16-11-3-7-13-5-1-2-6-13/h4,8-10,12-13H,1-3,5-7,11H2,(H,16,17)/b10-9+. The molecule has 0 spiro atoms. The monoisotopic (exact) mass is 263 g/mol. The second-order valence-electron chi connectivity index (χ2n) is 4.93. The zero-order valence-electron chi connectivity index (χ0n) is 10.7. The van der Waals surface area contributed by atoms with Crippen molar-refractivity contribution >= 4 is 23.3 Å². The van der Waals surface area contributed by atoms with Crippen molar-refractivity contribution in [3.8, 4) is 0 Å². The predicted molar refractivity (Wildman–Crippen MR) is 77.6 cm³/mol. The van der Waals surface area contributed by atoms with Crippen LogP contribution < -0.4 is 5.32 Å². The molecule has 0 radical (unpaired) electrons. The summed E-state index contributed by atoms with van der Waals surface area (Å²) in [4.78, 5) is 12.7. The van der Waals surface area contributed by atoms with Crippen molar-refractivity contribution in [3.63, 3.8) is 0 Å². The van der Waals surface area contributed by atoms with Crippen LogP contribution in [0.1, 0.15) is 43.4 Å². The van der Waals surface area contributed by atoms with Crippen molar-refractivity contribution in [2.75, 3.05) is 6.54 Å². The Morgan fingerprint density at radius 1 is 1.44 bits per heavy atom. The molecule has 1 saturated carbocycles. The maximum absolute atomic E-state index is 11.5. The van der Waals surface area contributed by atoms with E-state index < -0.39 is 0 Å². The number of thiophene rings is 1. The van der Waals surface area contributed by atoms with Crippen LogP contribution in [0.15, 0.2) is 23.6 Å². The minimum Gasteiger partial charge on any atom is -0.353 e. The van der Waals surface area contributed by atoms with Crippen molar-refractivity contribution in [1.82, 2.24) is 5.32 Å². The fourth-order valence-corrected chi connectivity index (χ4v) is 3.12. The Balaban J connectivity index is 1.57. The number of hydrogen-bond acceptors (Lipinski definition) is 2. The van der Waals surface area contributed by atoms with E-state index in [4.69, 9.17) is 0 Å². The smallest absolute Gasteiger partial charge is 0.244 e. The molecule has 1 aliphatic carbocycles. The molecule has 1 amide bonds. The van der Waals surface area contributed by atoms with E-state index in [9.17, 15) is 4.79 Å². The van der Waals surface area contributed by atoms with Crippen molar-refractivity contribution in [2.24, 2.45) is 5.92 Å². The van der Waals surface area contributed by atoms with Gasteiger partial charge in [0.05, 0.1) is 0 Å². The number of carbonyl (C=O) groups excluding carboxylic acids is 1. The molecule has 2 nitrogen and oxygen atoms in total. The molecule has 2 rings (SSSR count). The van der Waals surface area contributed by atoms with Gasteiger partial charge in [-0.2, -0.15) is 0 Å². The fourth-order valence-electron chi connectivity index (χ4n) is 2.50. The van der Waals surface area contributed by atoms with Crippen LogP contribution in [-0.2, 0) is 4.79 Å². The van der Waals surface area contributed by atoms with Gasteiger partial charge in [-0.25, -0.2) is 0 Å². The molecule has 1 aromatic heterocycles. The summed E-state index contributed by atoms with van der Waals surface area (Å²) >= 11 is 1.64. The Morgan fingerprint density at radius 3 is 3.00 bits per heavy atom. The lowest BCUT2D eigenvalue weighted by atomic mass is 10.0. The maximum atomic E-state index is 11.5. The Bertz CT molecular complexity index is 377. The van der Waals surface area contributed by atoms with E-state index >= 15 is 0 Å². The first-order chi connectivity index (χ1) is 8.84. The van der Waals surface area contributed by atoms with E-state index in [-0.39, 0.29) is 5.91 Å². The van der Waals surface area contributed by atoms with Crippen molar-refractivity contribution in [2.45, 2.75) is 38.5 Å². The third-order valence-electron chi connectivity index (χ3n) is 3.51. The van der Waals surface area contributed by atoms with Gasteiger partial charge in [0.15, 0.2) is 0 Å². The van der Waals surface area contributed by atoms with Gasteiger partial charge in [0.2, 0.25) is 5.91 Å². The van der Waals surface area contributed by atoms with E-state index in [0.29, 0.717) is 0 Å². The van der Waals surface area contributed by atoms with Gasteiger partial charge in [-0.3, -0.25) is 4.79 Å². The maximum Gasteiger partial charge on any atom is 0.244 e. The number of amides is 1. The van der Waals surface area contributed by atoms with Crippen LogP contribution in [0.25, 0.3) is 6.08 Å². The molecule has 1 N–H and O–H groups in total. The van der Waals surface area contributed by atoms with Crippen LogP contribution in [0.4, 0.5) is 0 Å². The molecule has 0 saturated heterocycles. The summed E-state index contributed by atoms with van der Waals surface area (Å²) in [7, 11) is 0. The lowest BCUT2D eigenvalue weighted by Crippen LogP contribution is -2.22. The molecule has 98 valence electrons. The largest absolute Gasteiger partial charge is 0.353 e. The number of rotatable bonds is 6. The zero-order valence-corrected chi connectivity index (χ0v) is 11.5. The molecular weight excluding hydrogens is 242 g/mol. The zero-order chi connectivity index (χ0) is 12.6. The van der Waals surface area contributed by atoms with E-state index in [2.05, 4.69) is 5.32 Å². The number of carbonyl (C=O) groups is 1. The highest BCUT2D eigenvalue weighted by Gasteiger charge is 2.13. The molecule has 1 aromatic rings. The highest BCUT2D eigenvalue weighted by molar-refractivity contribution is 7.10. The Morgan fingerprint density at radius 2 is 2.28 bits per heavy atom. The van der Waals surface area contributed by atoms with Gasteiger partial charge in [-0.05, 0) is 36.3 Å². The van der Waals surface area contributed by atoms with Crippen LogP contribution in [0.3, 0.4) is 0 Å². The molecule has 1 aliphatic rings. The predicted octanol–water partition coefficient (Wildman–Crippen LogP) is 3.85. The lowest BCUT2D eigenvalue weighted by molar-refractivity contribution is -0.116. The van der Waals surface area contributed by atoms with Crippen molar-refractivity contribution in [3.05, 3.63) is 28.5 Å². The third kappa shape index (κ3) is 4.65. The highest BCUT2D eigenvalue weighted by atomic mass is 32.1. The van der Waals surface area contributed by atoms with Gasteiger partial charge < -0.3 is 5.32 Å². The van der Waals surface area contributed by atoms with Crippen molar-refractivity contribution in [1.29, 1.82) is 0 Å². The first-order valence-corrected chi connectivity index (χ1v) is 7.72. The van der Waals surface area contributed by atoms with Gasteiger partial charge >= 0.3 is 0 Å². The molecule has 0 aromatic carbocycles. The molecule has 0 atom stereocenters. The molecule has 1 heterocycles. The second-order valence-corrected chi connectivity index (χ2v) is 5.91. The highest BCUT2D eigenvalue weighted by Crippen LogP contribution is 2.28. The average Bonchev–Trinajstić information content (AvgIpc) is 3.04. The van der Waals surface area contributed by atoms with E-state index in [1.54, 1.807) is 17.4 Å². The lowest BCUT2D eigenvalue weighted by Gasteiger charge is -2.08. The average molecular weight is 263 g/mol. The van der Waals surface area contributed by atoms with Gasteiger partial charge in [0.25, 0.3) is 0 Å². The Labute approximate surface area is 113 Å². The van der Waals surface area contributed by atoms with E-state index in [1.165, 1.54) is 32.1 Å². The third-order valence-corrected chi connectivity index (χ3v) is 4.34. The summed E-state index contributed by atoms with van der Waals surface area (Å²) < 4.78 is 0. The molecule has 0 bridgehead atoms. The fraction of sp³-hybridized carbons (Fsp3) is 0.533.